The van der Waals surface area contributed by atoms with E-state index in [9.17, 15) is 0 Å². The topological polar surface area (TPSA) is 41.6 Å². The van der Waals surface area contributed by atoms with Crippen molar-refractivity contribution in [3.63, 3.8) is 0 Å². The zero-order valence-corrected chi connectivity index (χ0v) is 13.5. The number of nitrogens with zero attached hydrogens (tertiary/aromatic N) is 2. The van der Waals surface area contributed by atoms with E-state index in [0.717, 1.165) is 33.7 Å². The van der Waals surface area contributed by atoms with Crippen LogP contribution in [0, 0.1) is 0 Å². The summed E-state index contributed by atoms with van der Waals surface area (Å²) < 4.78 is 0. The summed E-state index contributed by atoms with van der Waals surface area (Å²) in [4.78, 5) is 12.8. The number of hydrogen-bond donors (Lipinski definition) is 1. The maximum atomic E-state index is 4.85. The lowest BCUT2D eigenvalue weighted by Crippen LogP contribution is -1.90. The first kappa shape index (κ1) is 13.9. The third kappa shape index (κ3) is 2.29. The van der Waals surface area contributed by atoms with Crippen molar-refractivity contribution in [1.82, 2.24) is 15.0 Å². The van der Waals surface area contributed by atoms with E-state index >= 15 is 0 Å². The summed E-state index contributed by atoms with van der Waals surface area (Å²) in [5, 5.41) is 2.46. The first-order valence-corrected chi connectivity index (χ1v) is 8.28. The average Bonchev–Trinajstić information content (AvgIpc) is 3.07. The van der Waals surface area contributed by atoms with Crippen LogP contribution < -0.4 is 0 Å². The molecular formula is C22H15N3. The highest BCUT2D eigenvalue weighted by molar-refractivity contribution is 6.11. The fourth-order valence-corrected chi connectivity index (χ4v) is 3.33. The fourth-order valence-electron chi connectivity index (χ4n) is 3.33. The maximum Gasteiger partial charge on any atom is 0.0893 e. The maximum absolute atomic E-state index is 4.85. The van der Waals surface area contributed by atoms with E-state index in [-0.39, 0.29) is 0 Å². The van der Waals surface area contributed by atoms with E-state index in [0.29, 0.717) is 0 Å². The molecule has 0 radical (unpaired) electrons. The Balaban J connectivity index is 1.74. The molecule has 1 N–H and O–H groups in total. The molecule has 0 aliphatic carbocycles. The van der Waals surface area contributed by atoms with Gasteiger partial charge in [-0.3, -0.25) is 4.98 Å². The van der Waals surface area contributed by atoms with Crippen LogP contribution in [-0.2, 0) is 0 Å². The Morgan fingerprint density at radius 3 is 2.28 bits per heavy atom. The van der Waals surface area contributed by atoms with Crippen LogP contribution in [0.2, 0.25) is 0 Å². The normalized spacial score (nSPS) is 11.2. The van der Waals surface area contributed by atoms with Crippen LogP contribution in [0.5, 0.6) is 0 Å². The lowest BCUT2D eigenvalue weighted by atomic mass is 10.1. The SMILES string of the molecule is c1ccc(-c2cccc(-c3cccc4c3[nH]c3ccccc34)n2)nc1. The highest BCUT2D eigenvalue weighted by atomic mass is 14.8. The van der Waals surface area contributed by atoms with Crippen molar-refractivity contribution in [1.29, 1.82) is 0 Å². The summed E-state index contributed by atoms with van der Waals surface area (Å²) in [6.45, 7) is 0. The Morgan fingerprint density at radius 2 is 1.36 bits per heavy atom. The van der Waals surface area contributed by atoms with Crippen LogP contribution in [0.1, 0.15) is 0 Å². The second kappa shape index (κ2) is 5.56. The molecule has 0 bridgehead atoms. The van der Waals surface area contributed by atoms with Gasteiger partial charge < -0.3 is 4.98 Å². The van der Waals surface area contributed by atoms with Gasteiger partial charge in [-0.25, -0.2) is 4.98 Å². The highest BCUT2D eigenvalue weighted by Crippen LogP contribution is 2.32. The van der Waals surface area contributed by atoms with E-state index in [1.54, 1.807) is 6.20 Å². The number of rotatable bonds is 2. The summed E-state index contributed by atoms with van der Waals surface area (Å²) in [6.07, 6.45) is 1.79. The van der Waals surface area contributed by atoms with Crippen LogP contribution in [-0.4, -0.2) is 15.0 Å². The van der Waals surface area contributed by atoms with Gasteiger partial charge in [0.2, 0.25) is 0 Å². The molecule has 0 saturated heterocycles. The molecule has 3 heteroatoms. The monoisotopic (exact) mass is 321 g/mol. The van der Waals surface area contributed by atoms with Gasteiger partial charge in [-0.05, 0) is 30.3 Å². The molecule has 3 aromatic heterocycles. The Hall–Kier alpha value is -3.46. The van der Waals surface area contributed by atoms with Gasteiger partial charge in [-0.2, -0.15) is 0 Å². The van der Waals surface area contributed by atoms with E-state index < -0.39 is 0 Å². The Labute approximate surface area is 145 Å². The van der Waals surface area contributed by atoms with Crippen LogP contribution in [0.3, 0.4) is 0 Å². The lowest BCUT2D eigenvalue weighted by Gasteiger charge is -2.06. The van der Waals surface area contributed by atoms with E-state index in [2.05, 4.69) is 52.4 Å². The molecule has 5 aromatic rings. The van der Waals surface area contributed by atoms with E-state index in [1.807, 2.05) is 36.4 Å². The molecule has 0 spiro atoms. The van der Waals surface area contributed by atoms with Crippen LogP contribution in [0.15, 0.2) is 85.1 Å². The second-order valence-corrected chi connectivity index (χ2v) is 6.02. The van der Waals surface area contributed by atoms with E-state index in [1.165, 1.54) is 10.8 Å². The second-order valence-electron chi connectivity index (χ2n) is 6.02. The molecule has 0 aliphatic rings. The van der Waals surface area contributed by atoms with Crippen LogP contribution in [0.4, 0.5) is 0 Å². The first-order valence-electron chi connectivity index (χ1n) is 8.28. The zero-order valence-electron chi connectivity index (χ0n) is 13.5. The summed E-state index contributed by atoms with van der Waals surface area (Å²) in [5.41, 5.74) is 6.08. The largest absolute Gasteiger partial charge is 0.354 e. The van der Waals surface area contributed by atoms with Gasteiger partial charge in [0.05, 0.1) is 22.6 Å². The Morgan fingerprint density at radius 1 is 0.600 bits per heavy atom. The molecule has 0 unspecified atom stereocenters. The minimum atomic E-state index is 0.881. The standard InChI is InChI=1S/C22H15N3/c1-2-10-18-15(7-1)16-8-5-9-17(22(16)25-18)19-12-6-13-21(24-19)20-11-3-4-14-23-20/h1-14,25H. The van der Waals surface area contributed by atoms with Gasteiger partial charge in [0.25, 0.3) is 0 Å². The average molecular weight is 321 g/mol. The molecule has 3 nitrogen and oxygen atoms in total. The smallest absolute Gasteiger partial charge is 0.0893 e. The number of nitrogens with one attached hydrogen (secondary N) is 1. The molecule has 0 atom stereocenters. The number of fused-ring (bicyclic) bond motifs is 3. The summed E-state index contributed by atoms with van der Waals surface area (Å²) >= 11 is 0. The molecule has 0 aliphatic heterocycles. The Bertz CT molecular complexity index is 1190. The molecule has 3 heterocycles. The zero-order chi connectivity index (χ0) is 16.6. The van der Waals surface area contributed by atoms with Crippen molar-refractivity contribution in [2.24, 2.45) is 0 Å². The quantitative estimate of drug-likeness (QED) is 0.470. The summed E-state index contributed by atoms with van der Waals surface area (Å²) in [6, 6.07) is 26.7. The van der Waals surface area contributed by atoms with Gasteiger partial charge >= 0.3 is 0 Å². The molecule has 118 valence electrons. The Kier molecular flexibility index (Phi) is 3.10. The number of para-hydroxylation sites is 2. The van der Waals surface area contributed by atoms with Gasteiger partial charge in [-0.1, -0.05) is 48.5 Å². The molecule has 0 saturated carbocycles. The molecule has 2 aromatic carbocycles. The number of H-pyrrole nitrogens is 1. The fraction of sp³-hybridized carbons (Fsp3) is 0. The van der Waals surface area contributed by atoms with Crippen LogP contribution >= 0.6 is 0 Å². The van der Waals surface area contributed by atoms with Gasteiger partial charge in [0.15, 0.2) is 0 Å². The van der Waals surface area contributed by atoms with Crippen molar-refractivity contribution >= 4 is 21.8 Å². The first-order chi connectivity index (χ1) is 12.4. The third-order valence-electron chi connectivity index (χ3n) is 4.49. The van der Waals surface area contributed by atoms with E-state index in [4.69, 9.17) is 4.98 Å². The highest BCUT2D eigenvalue weighted by Gasteiger charge is 2.11. The van der Waals surface area contributed by atoms with Crippen molar-refractivity contribution in [2.45, 2.75) is 0 Å². The minimum Gasteiger partial charge on any atom is -0.354 e. The molecule has 0 amide bonds. The summed E-state index contributed by atoms with van der Waals surface area (Å²) in [7, 11) is 0. The van der Waals surface area contributed by atoms with Crippen LogP contribution in [0.25, 0.3) is 44.5 Å². The number of aromatic amines is 1. The number of benzene rings is 2. The third-order valence-corrected chi connectivity index (χ3v) is 4.49. The molecule has 5 rings (SSSR count). The number of aromatic nitrogens is 3. The van der Waals surface area contributed by atoms with Crippen molar-refractivity contribution in [3.8, 4) is 22.6 Å². The van der Waals surface area contributed by atoms with Crippen molar-refractivity contribution < 1.29 is 0 Å². The van der Waals surface area contributed by atoms with Gasteiger partial charge in [0.1, 0.15) is 0 Å². The van der Waals surface area contributed by atoms with Gasteiger partial charge in [-0.15, -0.1) is 0 Å². The van der Waals surface area contributed by atoms with Crippen molar-refractivity contribution in [2.75, 3.05) is 0 Å². The molecule has 25 heavy (non-hydrogen) atoms. The molecule has 0 fully saturated rings. The predicted molar refractivity (Wildman–Crippen MR) is 102 cm³/mol. The number of hydrogen-bond acceptors (Lipinski definition) is 2. The number of pyridine rings is 2. The predicted octanol–water partition coefficient (Wildman–Crippen LogP) is 5.45. The lowest BCUT2D eigenvalue weighted by molar-refractivity contribution is 1.25. The molecular weight excluding hydrogens is 306 g/mol. The summed E-state index contributed by atoms with van der Waals surface area (Å²) in [5.74, 6) is 0. The van der Waals surface area contributed by atoms with Crippen molar-refractivity contribution in [3.05, 3.63) is 85.1 Å². The van der Waals surface area contributed by atoms with Gasteiger partial charge in [0, 0.05) is 28.0 Å². The minimum absolute atomic E-state index is 0.881.